The molecule has 33 heavy (non-hydrogen) atoms. The Morgan fingerprint density at radius 3 is 2.64 bits per heavy atom. The summed E-state index contributed by atoms with van der Waals surface area (Å²) < 4.78 is 5.27. The maximum absolute atomic E-state index is 13.0. The molecule has 0 bridgehead atoms. The van der Waals surface area contributed by atoms with Crippen molar-refractivity contribution < 1.29 is 14.0 Å². The van der Waals surface area contributed by atoms with Gasteiger partial charge in [-0.3, -0.25) is 14.5 Å². The van der Waals surface area contributed by atoms with Crippen molar-refractivity contribution in [3.05, 3.63) is 54.0 Å². The van der Waals surface area contributed by atoms with Gasteiger partial charge in [0.2, 0.25) is 5.91 Å². The Kier molecular flexibility index (Phi) is 7.70. The van der Waals surface area contributed by atoms with Crippen molar-refractivity contribution in [3.8, 4) is 0 Å². The van der Waals surface area contributed by atoms with E-state index in [9.17, 15) is 9.59 Å². The van der Waals surface area contributed by atoms with Crippen molar-refractivity contribution >= 4 is 17.5 Å². The molecule has 3 heterocycles. The highest BCUT2D eigenvalue weighted by molar-refractivity contribution is 5.95. The molecule has 1 N–H and O–H groups in total. The van der Waals surface area contributed by atoms with Crippen molar-refractivity contribution in [2.24, 2.45) is 0 Å². The number of hydrogen-bond donors (Lipinski definition) is 1. The number of aryl methyl sites for hydroxylation is 1. The second-order valence-electron chi connectivity index (χ2n) is 9.35. The zero-order valence-corrected chi connectivity index (χ0v) is 19.8. The van der Waals surface area contributed by atoms with Gasteiger partial charge in [-0.25, -0.2) is 0 Å². The van der Waals surface area contributed by atoms with Crippen molar-refractivity contribution in [3.63, 3.8) is 0 Å². The first-order valence-electron chi connectivity index (χ1n) is 12.2. The highest BCUT2D eigenvalue weighted by Crippen LogP contribution is 2.21. The summed E-state index contributed by atoms with van der Waals surface area (Å²) in [5.74, 6) is 0.0536. The van der Waals surface area contributed by atoms with Crippen molar-refractivity contribution in [1.29, 1.82) is 0 Å². The Labute approximate surface area is 196 Å². The summed E-state index contributed by atoms with van der Waals surface area (Å²) in [6.07, 6.45) is 4.97. The Hall–Kier alpha value is -2.80. The average Bonchev–Trinajstić information content (AvgIpc) is 3.38. The zero-order chi connectivity index (χ0) is 23.2. The number of amides is 2. The number of hydrogen-bond acceptors (Lipinski definition) is 5. The molecule has 0 spiro atoms. The maximum atomic E-state index is 13.0. The predicted molar refractivity (Wildman–Crippen MR) is 129 cm³/mol. The summed E-state index contributed by atoms with van der Waals surface area (Å²) in [6.45, 7) is 9.86. The van der Waals surface area contributed by atoms with Gasteiger partial charge < -0.3 is 19.5 Å². The fraction of sp³-hybridized carbons (Fsp3) is 0.538. The first-order valence-corrected chi connectivity index (χ1v) is 12.2. The second-order valence-corrected chi connectivity index (χ2v) is 9.35. The van der Waals surface area contributed by atoms with Crippen LogP contribution in [0.3, 0.4) is 0 Å². The Balaban J connectivity index is 1.23. The molecule has 7 heteroatoms. The second kappa shape index (κ2) is 10.9. The number of piperidine rings is 1. The van der Waals surface area contributed by atoms with Crippen LogP contribution < -0.4 is 10.2 Å². The predicted octanol–water partition coefficient (Wildman–Crippen LogP) is 3.30. The number of nitrogens with zero attached hydrogens (tertiary/aromatic N) is 3. The Bertz CT molecular complexity index is 921. The Morgan fingerprint density at radius 1 is 1.09 bits per heavy atom. The molecule has 2 aromatic rings. The molecule has 1 aromatic heterocycles. The van der Waals surface area contributed by atoms with Gasteiger partial charge in [0, 0.05) is 51.0 Å². The average molecular weight is 453 g/mol. The number of carbonyl (C=O) groups is 2. The molecular weight excluding hydrogens is 416 g/mol. The molecule has 2 aliphatic rings. The van der Waals surface area contributed by atoms with E-state index < -0.39 is 6.04 Å². The molecule has 2 fully saturated rings. The Morgan fingerprint density at radius 2 is 1.91 bits per heavy atom. The number of anilines is 1. The van der Waals surface area contributed by atoms with Crippen LogP contribution in [-0.4, -0.2) is 73.0 Å². The third kappa shape index (κ3) is 5.96. The van der Waals surface area contributed by atoms with E-state index in [-0.39, 0.29) is 17.9 Å². The first-order chi connectivity index (χ1) is 16.0. The summed E-state index contributed by atoms with van der Waals surface area (Å²) in [5, 5.41) is 3.16. The van der Waals surface area contributed by atoms with Crippen molar-refractivity contribution in [2.45, 2.75) is 51.6 Å². The van der Waals surface area contributed by atoms with Crippen LogP contribution in [0.25, 0.3) is 0 Å². The number of likely N-dealkylation sites (tertiary alicyclic amines) is 1. The number of carbonyl (C=O) groups excluding carboxylic acids is 2. The smallest absolute Gasteiger partial charge is 0.290 e. The van der Waals surface area contributed by atoms with Gasteiger partial charge in [0.25, 0.3) is 5.91 Å². The van der Waals surface area contributed by atoms with E-state index >= 15 is 0 Å². The normalized spacial score (nSPS) is 20.5. The lowest BCUT2D eigenvalue weighted by Gasteiger charge is -2.37. The van der Waals surface area contributed by atoms with Crippen LogP contribution in [0.15, 0.2) is 47.1 Å². The summed E-state index contributed by atoms with van der Waals surface area (Å²) in [5.41, 5.74) is 2.60. The van der Waals surface area contributed by atoms with E-state index in [1.807, 2.05) is 0 Å². The lowest BCUT2D eigenvalue weighted by atomic mass is 10.0. The summed E-state index contributed by atoms with van der Waals surface area (Å²) in [7, 11) is 0. The molecule has 0 aliphatic carbocycles. The highest BCUT2D eigenvalue weighted by Gasteiger charge is 2.34. The SMILES string of the molecule is Cc1cccc(N2CCN(CCC(C)NC(=O)C3CCCCN3C(=O)c3ccco3)CC2)c1. The van der Waals surface area contributed by atoms with E-state index in [4.69, 9.17) is 4.42 Å². The maximum Gasteiger partial charge on any atom is 0.290 e. The number of rotatable bonds is 7. The molecule has 2 saturated heterocycles. The minimum Gasteiger partial charge on any atom is -0.459 e. The monoisotopic (exact) mass is 452 g/mol. The summed E-state index contributed by atoms with van der Waals surface area (Å²) in [4.78, 5) is 32.4. The molecule has 2 atom stereocenters. The first kappa shape index (κ1) is 23.4. The van der Waals surface area contributed by atoms with Gasteiger partial charge >= 0.3 is 0 Å². The molecule has 2 unspecified atom stereocenters. The summed E-state index contributed by atoms with van der Waals surface area (Å²) >= 11 is 0. The van der Waals surface area contributed by atoms with Crippen LogP contribution >= 0.6 is 0 Å². The number of nitrogens with one attached hydrogen (secondary N) is 1. The molecule has 0 radical (unpaired) electrons. The van der Waals surface area contributed by atoms with E-state index in [1.54, 1.807) is 17.0 Å². The minimum absolute atomic E-state index is 0.0497. The quantitative estimate of drug-likeness (QED) is 0.698. The lowest BCUT2D eigenvalue weighted by molar-refractivity contribution is -0.127. The molecule has 1 aromatic carbocycles. The minimum atomic E-state index is -0.420. The molecular formula is C26H36N4O3. The van der Waals surface area contributed by atoms with Crippen molar-refractivity contribution in [1.82, 2.24) is 15.1 Å². The van der Waals surface area contributed by atoms with E-state index in [0.29, 0.717) is 18.7 Å². The molecule has 4 rings (SSSR count). The summed E-state index contributed by atoms with van der Waals surface area (Å²) in [6, 6.07) is 11.7. The van der Waals surface area contributed by atoms with E-state index in [0.717, 1.165) is 52.0 Å². The van der Waals surface area contributed by atoms with E-state index in [1.165, 1.54) is 17.5 Å². The fourth-order valence-corrected chi connectivity index (χ4v) is 4.83. The molecule has 2 amide bonds. The number of benzene rings is 1. The van der Waals surface area contributed by atoms with Gasteiger partial charge in [-0.1, -0.05) is 12.1 Å². The van der Waals surface area contributed by atoms with Crippen LogP contribution in [-0.2, 0) is 4.79 Å². The van der Waals surface area contributed by atoms with Gasteiger partial charge in [-0.15, -0.1) is 0 Å². The van der Waals surface area contributed by atoms with Crippen LogP contribution in [0.4, 0.5) is 5.69 Å². The number of furan rings is 1. The van der Waals surface area contributed by atoms with Crippen LogP contribution in [0.1, 0.15) is 48.7 Å². The molecule has 178 valence electrons. The third-order valence-corrected chi connectivity index (χ3v) is 6.80. The van der Waals surface area contributed by atoms with E-state index in [2.05, 4.69) is 53.2 Å². The third-order valence-electron chi connectivity index (χ3n) is 6.80. The molecule has 2 aliphatic heterocycles. The molecule has 7 nitrogen and oxygen atoms in total. The lowest BCUT2D eigenvalue weighted by Crippen LogP contribution is -2.53. The standard InChI is InChI=1S/C26H36N4O3/c1-20-7-5-8-22(19-20)29-16-14-28(15-17-29)13-11-21(2)27-25(31)23-9-3-4-12-30(23)26(32)24-10-6-18-33-24/h5-8,10,18-19,21,23H,3-4,9,11-17H2,1-2H3,(H,27,31). The zero-order valence-electron chi connectivity index (χ0n) is 19.8. The largest absolute Gasteiger partial charge is 0.459 e. The van der Waals surface area contributed by atoms with Crippen LogP contribution in [0.5, 0.6) is 0 Å². The van der Waals surface area contributed by atoms with Crippen molar-refractivity contribution in [2.75, 3.05) is 44.2 Å². The molecule has 0 saturated carbocycles. The van der Waals surface area contributed by atoms with Crippen LogP contribution in [0.2, 0.25) is 0 Å². The van der Waals surface area contributed by atoms with Gasteiger partial charge in [0.15, 0.2) is 5.76 Å². The van der Waals surface area contributed by atoms with Crippen LogP contribution in [0, 0.1) is 6.92 Å². The number of piperazine rings is 1. The van der Waals surface area contributed by atoms with Gasteiger partial charge in [-0.2, -0.15) is 0 Å². The van der Waals surface area contributed by atoms with Gasteiger partial charge in [0.05, 0.1) is 6.26 Å². The topological polar surface area (TPSA) is 69.0 Å². The highest BCUT2D eigenvalue weighted by atomic mass is 16.3. The fourth-order valence-electron chi connectivity index (χ4n) is 4.83. The van der Waals surface area contributed by atoms with Gasteiger partial charge in [-0.05, 0) is 69.4 Å². The van der Waals surface area contributed by atoms with Gasteiger partial charge in [0.1, 0.15) is 6.04 Å².